The number of carbonyl (C=O) groups excluding carboxylic acids is 1. The van der Waals surface area contributed by atoms with E-state index in [2.05, 4.69) is 32.4 Å². The Balaban J connectivity index is 1.36. The lowest BCUT2D eigenvalue weighted by molar-refractivity contribution is 0.0988. The van der Waals surface area contributed by atoms with Crippen LogP contribution in [0.25, 0.3) is 10.9 Å². The summed E-state index contributed by atoms with van der Waals surface area (Å²) in [4.78, 5) is 26.0. The van der Waals surface area contributed by atoms with Gasteiger partial charge < -0.3 is 15.2 Å². The van der Waals surface area contributed by atoms with Gasteiger partial charge in [0, 0.05) is 36.4 Å². The zero-order valence-electron chi connectivity index (χ0n) is 15.6. The average molecular weight is 371 g/mol. The van der Waals surface area contributed by atoms with Crippen LogP contribution in [0.1, 0.15) is 16.1 Å². The highest BCUT2D eigenvalue weighted by molar-refractivity contribution is 6.04. The number of hydrogen-bond donors (Lipinski definition) is 2. The molecule has 0 saturated heterocycles. The molecule has 28 heavy (non-hydrogen) atoms. The second-order valence-electron chi connectivity index (χ2n) is 6.52. The van der Waals surface area contributed by atoms with Gasteiger partial charge >= 0.3 is 0 Å². The lowest BCUT2D eigenvalue weighted by Crippen LogP contribution is -2.27. The highest BCUT2D eigenvalue weighted by Gasteiger charge is 2.15. The number of nitrogens with one attached hydrogen (secondary N) is 2. The van der Waals surface area contributed by atoms with Gasteiger partial charge in [0.1, 0.15) is 11.5 Å². The molecule has 0 spiro atoms. The van der Waals surface area contributed by atoms with Crippen LogP contribution in [0.4, 0.5) is 11.5 Å². The van der Waals surface area contributed by atoms with Gasteiger partial charge in [0.25, 0.3) is 5.91 Å². The molecule has 2 N–H and O–H groups in total. The van der Waals surface area contributed by atoms with Gasteiger partial charge in [-0.05, 0) is 30.2 Å². The molecule has 2 aromatic heterocycles. The molecule has 0 fully saturated rings. The summed E-state index contributed by atoms with van der Waals surface area (Å²) in [6.45, 7) is 0.730. The van der Waals surface area contributed by atoms with E-state index in [9.17, 15) is 4.79 Å². The molecule has 0 bridgehead atoms. The summed E-state index contributed by atoms with van der Waals surface area (Å²) in [6, 6.07) is 17.7. The van der Waals surface area contributed by atoms with Gasteiger partial charge in [-0.15, -0.1) is 0 Å². The van der Waals surface area contributed by atoms with Crippen molar-refractivity contribution in [2.24, 2.45) is 0 Å². The van der Waals surface area contributed by atoms with E-state index in [1.54, 1.807) is 18.1 Å². The molecule has 0 aliphatic carbocycles. The van der Waals surface area contributed by atoms with Crippen LogP contribution in [0, 0.1) is 0 Å². The maximum atomic E-state index is 12.5. The fraction of sp³-hybridized carbons (Fsp3) is 0.136. The Bertz CT molecular complexity index is 1070. The van der Waals surface area contributed by atoms with Gasteiger partial charge in [-0.1, -0.05) is 36.4 Å². The molecule has 1 amide bonds. The predicted molar refractivity (Wildman–Crippen MR) is 112 cm³/mol. The number of benzene rings is 2. The number of nitrogens with zero attached hydrogens (tertiary/aromatic N) is 3. The largest absolute Gasteiger partial charge is 0.368 e. The third kappa shape index (κ3) is 3.71. The number of rotatable bonds is 6. The second-order valence-corrected chi connectivity index (χ2v) is 6.52. The Morgan fingerprint density at radius 2 is 1.82 bits per heavy atom. The van der Waals surface area contributed by atoms with Crippen LogP contribution < -0.4 is 10.2 Å². The summed E-state index contributed by atoms with van der Waals surface area (Å²) in [5.74, 6) is 0.461. The Hall–Kier alpha value is -3.67. The van der Waals surface area contributed by atoms with E-state index in [0.29, 0.717) is 11.5 Å². The fourth-order valence-electron chi connectivity index (χ4n) is 3.13. The first-order valence-corrected chi connectivity index (χ1v) is 9.16. The van der Waals surface area contributed by atoms with Crippen molar-refractivity contribution in [1.82, 2.24) is 15.0 Å². The molecule has 140 valence electrons. The van der Waals surface area contributed by atoms with E-state index in [1.807, 2.05) is 48.7 Å². The number of aromatic nitrogens is 3. The number of hydrogen-bond acceptors (Lipinski definition) is 4. The minimum Gasteiger partial charge on any atom is -0.368 e. The maximum Gasteiger partial charge on any atom is 0.278 e. The molecule has 0 unspecified atom stereocenters. The van der Waals surface area contributed by atoms with Gasteiger partial charge in [0.05, 0.1) is 12.4 Å². The number of para-hydroxylation sites is 2. The minimum absolute atomic E-state index is 0.191. The summed E-state index contributed by atoms with van der Waals surface area (Å²) >= 11 is 0. The number of H-pyrrole nitrogens is 1. The third-order valence-corrected chi connectivity index (χ3v) is 4.69. The van der Waals surface area contributed by atoms with Crippen LogP contribution >= 0.6 is 0 Å². The van der Waals surface area contributed by atoms with E-state index in [4.69, 9.17) is 0 Å². The first-order valence-electron chi connectivity index (χ1n) is 9.16. The Morgan fingerprint density at radius 3 is 2.61 bits per heavy atom. The number of amides is 1. The molecule has 2 aromatic carbocycles. The summed E-state index contributed by atoms with van der Waals surface area (Å²) in [6.07, 6.45) is 6.01. The Morgan fingerprint density at radius 1 is 1.04 bits per heavy atom. The van der Waals surface area contributed by atoms with Crippen molar-refractivity contribution in [1.29, 1.82) is 0 Å². The standard InChI is InChI=1S/C22H21N5O/c1-27(17-7-3-2-4-8-17)22(28)20-14-26-21(15-25-20)23-12-11-16-13-24-19-10-6-5-9-18(16)19/h2-10,13-15,24H,11-12H2,1H3,(H,23,26). The molecule has 6 heteroatoms. The van der Waals surface area contributed by atoms with Crippen molar-refractivity contribution < 1.29 is 4.79 Å². The van der Waals surface area contributed by atoms with Crippen molar-refractivity contribution in [2.75, 3.05) is 23.8 Å². The quantitative estimate of drug-likeness (QED) is 0.539. The molecule has 0 radical (unpaired) electrons. The first-order chi connectivity index (χ1) is 13.7. The maximum absolute atomic E-state index is 12.5. The van der Waals surface area contributed by atoms with E-state index in [1.165, 1.54) is 17.1 Å². The molecule has 4 aromatic rings. The Kier molecular flexibility index (Phi) is 5.01. The van der Waals surface area contributed by atoms with E-state index in [0.717, 1.165) is 24.2 Å². The number of carbonyl (C=O) groups is 1. The van der Waals surface area contributed by atoms with Crippen LogP contribution in [-0.4, -0.2) is 34.5 Å². The van der Waals surface area contributed by atoms with Crippen molar-refractivity contribution in [3.63, 3.8) is 0 Å². The lowest BCUT2D eigenvalue weighted by Gasteiger charge is -2.16. The topological polar surface area (TPSA) is 73.9 Å². The van der Waals surface area contributed by atoms with Crippen molar-refractivity contribution in [3.05, 3.63) is 84.4 Å². The molecule has 0 saturated carbocycles. The summed E-state index contributed by atoms with van der Waals surface area (Å²) < 4.78 is 0. The fourth-order valence-corrected chi connectivity index (χ4v) is 3.13. The predicted octanol–water partition coefficient (Wildman–Crippen LogP) is 3.89. The molecular formula is C22H21N5O. The monoisotopic (exact) mass is 371 g/mol. The summed E-state index contributed by atoms with van der Waals surface area (Å²) in [7, 11) is 1.73. The molecule has 0 aliphatic heterocycles. The van der Waals surface area contributed by atoms with Crippen molar-refractivity contribution in [3.8, 4) is 0 Å². The molecular weight excluding hydrogens is 350 g/mol. The molecule has 0 atom stereocenters. The van der Waals surface area contributed by atoms with Crippen molar-refractivity contribution >= 4 is 28.3 Å². The zero-order chi connectivity index (χ0) is 19.3. The Labute approximate surface area is 163 Å². The van der Waals surface area contributed by atoms with Gasteiger partial charge in [-0.3, -0.25) is 4.79 Å². The second kappa shape index (κ2) is 7.92. The lowest BCUT2D eigenvalue weighted by atomic mass is 10.1. The van der Waals surface area contributed by atoms with Crippen molar-refractivity contribution in [2.45, 2.75) is 6.42 Å². The van der Waals surface area contributed by atoms with Crippen LogP contribution in [0.2, 0.25) is 0 Å². The summed E-state index contributed by atoms with van der Waals surface area (Å²) in [5, 5.41) is 4.50. The van der Waals surface area contributed by atoms with Crippen LogP contribution in [-0.2, 0) is 6.42 Å². The van der Waals surface area contributed by atoms with E-state index in [-0.39, 0.29) is 5.91 Å². The van der Waals surface area contributed by atoms with Gasteiger partial charge in [0.2, 0.25) is 0 Å². The molecule has 6 nitrogen and oxygen atoms in total. The van der Waals surface area contributed by atoms with Gasteiger partial charge in [-0.2, -0.15) is 0 Å². The van der Waals surface area contributed by atoms with Crippen LogP contribution in [0.5, 0.6) is 0 Å². The van der Waals surface area contributed by atoms with Gasteiger partial charge in [-0.25, -0.2) is 9.97 Å². The minimum atomic E-state index is -0.191. The third-order valence-electron chi connectivity index (χ3n) is 4.69. The highest BCUT2D eigenvalue weighted by atomic mass is 16.2. The summed E-state index contributed by atoms with van der Waals surface area (Å²) in [5.41, 5.74) is 3.53. The molecule has 0 aliphatic rings. The molecule has 2 heterocycles. The number of anilines is 2. The first kappa shape index (κ1) is 17.7. The van der Waals surface area contributed by atoms with Crippen LogP contribution in [0.3, 0.4) is 0 Å². The SMILES string of the molecule is CN(C(=O)c1cnc(NCCc2c[nH]c3ccccc23)cn1)c1ccccc1. The van der Waals surface area contributed by atoms with E-state index < -0.39 is 0 Å². The highest BCUT2D eigenvalue weighted by Crippen LogP contribution is 2.18. The average Bonchev–Trinajstić information content (AvgIpc) is 3.17. The number of fused-ring (bicyclic) bond motifs is 1. The van der Waals surface area contributed by atoms with E-state index >= 15 is 0 Å². The van der Waals surface area contributed by atoms with Crippen LogP contribution in [0.15, 0.2) is 73.2 Å². The normalized spacial score (nSPS) is 10.8. The zero-order valence-corrected chi connectivity index (χ0v) is 15.6. The van der Waals surface area contributed by atoms with Gasteiger partial charge in [0.15, 0.2) is 0 Å². The smallest absolute Gasteiger partial charge is 0.278 e. The molecule has 4 rings (SSSR count). The number of aromatic amines is 1.